The first-order chi connectivity index (χ1) is 14.7. The minimum atomic E-state index is -4.57. The quantitative estimate of drug-likeness (QED) is 0.587. The number of alkyl halides is 3. The summed E-state index contributed by atoms with van der Waals surface area (Å²) in [4.78, 5) is 35.9. The summed E-state index contributed by atoms with van der Waals surface area (Å²) in [5, 5.41) is 4.20. The summed E-state index contributed by atoms with van der Waals surface area (Å²) in [5.74, 6) is -1.69. The monoisotopic (exact) mass is 438 g/mol. The molecule has 31 heavy (non-hydrogen) atoms. The van der Waals surface area contributed by atoms with E-state index in [1.54, 1.807) is 30.6 Å². The van der Waals surface area contributed by atoms with E-state index < -0.39 is 31.2 Å². The number of carbonyl (C=O) groups excluding carboxylic acids is 3. The van der Waals surface area contributed by atoms with E-state index >= 15 is 0 Å². The number of carbonyl (C=O) groups is 3. The summed E-state index contributed by atoms with van der Waals surface area (Å²) in [7, 11) is 1.56. The fraction of sp³-hybridized carbons (Fsp3) is 0.286. The summed E-state index contributed by atoms with van der Waals surface area (Å²) in [6.07, 6.45) is -3.96. The van der Waals surface area contributed by atoms with Gasteiger partial charge in [-0.05, 0) is 36.2 Å². The van der Waals surface area contributed by atoms with Crippen LogP contribution in [0.2, 0.25) is 0 Å². The van der Waals surface area contributed by atoms with Gasteiger partial charge in [-0.3, -0.25) is 9.59 Å². The molecule has 0 fully saturated rings. The van der Waals surface area contributed by atoms with Gasteiger partial charge in [-0.15, -0.1) is 0 Å². The molecule has 2 N–H and O–H groups in total. The molecule has 0 bridgehead atoms. The highest BCUT2D eigenvalue weighted by molar-refractivity contribution is 6.01. The van der Waals surface area contributed by atoms with Crippen molar-refractivity contribution >= 4 is 23.5 Å². The van der Waals surface area contributed by atoms with Crippen LogP contribution in [-0.4, -0.2) is 44.2 Å². The lowest BCUT2D eigenvalue weighted by molar-refractivity contribution is -0.140. The number of hydrogen-bond acceptors (Lipinski definition) is 5. The summed E-state index contributed by atoms with van der Waals surface area (Å²) in [6, 6.07) is 13.2. The maximum absolute atomic E-state index is 12.3. The topological polar surface area (TPSA) is 93.7 Å². The molecule has 0 aliphatic carbocycles. The van der Waals surface area contributed by atoms with E-state index in [0.29, 0.717) is 12.2 Å². The number of methoxy groups -OCH3 is 1. The molecule has 10 heteroatoms. The summed E-state index contributed by atoms with van der Waals surface area (Å²) in [6.45, 7) is -2.40. The number of rotatable bonds is 9. The minimum Gasteiger partial charge on any atom is -0.497 e. The number of halogens is 3. The normalized spacial score (nSPS) is 10.8. The molecule has 2 aromatic rings. The Labute approximate surface area is 176 Å². The van der Waals surface area contributed by atoms with Crippen molar-refractivity contribution in [3.63, 3.8) is 0 Å². The number of para-hydroxylation sites is 1. The van der Waals surface area contributed by atoms with Crippen LogP contribution in [0.15, 0.2) is 48.5 Å². The van der Waals surface area contributed by atoms with Gasteiger partial charge in [0, 0.05) is 6.42 Å². The molecule has 2 rings (SSSR count). The zero-order valence-electron chi connectivity index (χ0n) is 16.6. The van der Waals surface area contributed by atoms with Crippen molar-refractivity contribution in [1.82, 2.24) is 5.32 Å². The lowest BCUT2D eigenvalue weighted by Crippen LogP contribution is -2.36. The first-order valence-corrected chi connectivity index (χ1v) is 9.20. The first-order valence-electron chi connectivity index (χ1n) is 9.20. The Morgan fingerprint density at radius 3 is 2.29 bits per heavy atom. The highest BCUT2D eigenvalue weighted by Crippen LogP contribution is 2.18. The predicted octanol–water partition coefficient (Wildman–Crippen LogP) is 3.10. The van der Waals surface area contributed by atoms with Crippen LogP contribution in [-0.2, 0) is 20.7 Å². The standard InChI is InChI=1S/C21H21F3N2O5/c1-30-15-9-6-14(7-10-15)8-11-18(27)26-17-5-3-2-4-16(17)20(29)31-12-19(28)25-13-21(22,23)24/h2-7,9-10H,8,11-13H2,1H3,(H,25,28)(H,26,27). The zero-order chi connectivity index (χ0) is 22.9. The molecule has 0 saturated heterocycles. The van der Waals surface area contributed by atoms with Crippen molar-refractivity contribution in [2.24, 2.45) is 0 Å². The minimum absolute atomic E-state index is 0.0241. The lowest BCUT2D eigenvalue weighted by atomic mass is 10.1. The van der Waals surface area contributed by atoms with Gasteiger partial charge in [-0.1, -0.05) is 24.3 Å². The number of benzene rings is 2. The van der Waals surface area contributed by atoms with Gasteiger partial charge in [-0.2, -0.15) is 13.2 Å². The molecule has 0 spiro atoms. The molecular weight excluding hydrogens is 417 g/mol. The highest BCUT2D eigenvalue weighted by atomic mass is 19.4. The second-order valence-corrected chi connectivity index (χ2v) is 6.41. The van der Waals surface area contributed by atoms with Crippen LogP contribution in [0.1, 0.15) is 22.3 Å². The smallest absolute Gasteiger partial charge is 0.405 e. The van der Waals surface area contributed by atoms with E-state index in [9.17, 15) is 27.6 Å². The van der Waals surface area contributed by atoms with E-state index in [4.69, 9.17) is 9.47 Å². The van der Waals surface area contributed by atoms with Crippen molar-refractivity contribution in [3.05, 3.63) is 59.7 Å². The van der Waals surface area contributed by atoms with Crippen LogP contribution in [0.3, 0.4) is 0 Å². The van der Waals surface area contributed by atoms with Gasteiger partial charge >= 0.3 is 12.1 Å². The van der Waals surface area contributed by atoms with E-state index in [0.717, 1.165) is 5.56 Å². The van der Waals surface area contributed by atoms with Gasteiger partial charge < -0.3 is 20.1 Å². The molecule has 0 aliphatic heterocycles. The van der Waals surface area contributed by atoms with Crippen LogP contribution in [0.4, 0.5) is 18.9 Å². The lowest BCUT2D eigenvalue weighted by Gasteiger charge is -2.12. The Bertz CT molecular complexity index is 914. The maximum atomic E-state index is 12.3. The van der Waals surface area contributed by atoms with Crippen molar-refractivity contribution in [2.75, 3.05) is 25.6 Å². The largest absolute Gasteiger partial charge is 0.497 e. The van der Waals surface area contributed by atoms with Crippen molar-refractivity contribution < 1.29 is 37.0 Å². The van der Waals surface area contributed by atoms with Gasteiger partial charge in [0.25, 0.3) is 5.91 Å². The average Bonchev–Trinajstić information content (AvgIpc) is 2.75. The molecule has 0 unspecified atom stereocenters. The van der Waals surface area contributed by atoms with Crippen LogP contribution < -0.4 is 15.4 Å². The molecule has 0 radical (unpaired) electrons. The second kappa shape index (κ2) is 11.0. The van der Waals surface area contributed by atoms with Gasteiger partial charge in [-0.25, -0.2) is 4.79 Å². The Morgan fingerprint density at radius 2 is 1.65 bits per heavy atom. The van der Waals surface area contributed by atoms with Crippen LogP contribution in [0.25, 0.3) is 0 Å². The third kappa shape index (κ3) is 8.37. The summed E-state index contributed by atoms with van der Waals surface area (Å²) in [5.41, 5.74) is 1.07. The third-order valence-corrected chi connectivity index (χ3v) is 4.04. The summed E-state index contributed by atoms with van der Waals surface area (Å²) < 4.78 is 46.1. The second-order valence-electron chi connectivity index (χ2n) is 6.41. The molecule has 0 atom stereocenters. The Morgan fingerprint density at radius 1 is 0.968 bits per heavy atom. The number of anilines is 1. The van der Waals surface area contributed by atoms with E-state index in [-0.39, 0.29) is 23.6 Å². The SMILES string of the molecule is COc1ccc(CCC(=O)Nc2ccccc2C(=O)OCC(=O)NCC(F)(F)F)cc1. The van der Waals surface area contributed by atoms with Gasteiger partial charge in [0.05, 0.1) is 18.4 Å². The van der Waals surface area contributed by atoms with E-state index in [1.807, 2.05) is 12.1 Å². The molecule has 2 amide bonds. The van der Waals surface area contributed by atoms with Gasteiger partial charge in [0.15, 0.2) is 6.61 Å². The van der Waals surface area contributed by atoms with E-state index in [2.05, 4.69) is 5.32 Å². The molecular formula is C21H21F3N2O5. The Kier molecular flexibility index (Phi) is 8.42. The fourth-order valence-electron chi connectivity index (χ4n) is 2.49. The predicted molar refractivity (Wildman–Crippen MR) is 106 cm³/mol. The maximum Gasteiger partial charge on any atom is 0.405 e. The molecule has 166 valence electrons. The molecule has 0 heterocycles. The number of ether oxygens (including phenoxy) is 2. The first kappa shape index (κ1) is 23.7. The molecule has 2 aromatic carbocycles. The van der Waals surface area contributed by atoms with Crippen molar-refractivity contribution in [2.45, 2.75) is 19.0 Å². The van der Waals surface area contributed by atoms with Crippen molar-refractivity contribution in [3.8, 4) is 5.75 Å². The Balaban J connectivity index is 1.89. The number of aryl methyl sites for hydroxylation is 1. The summed E-state index contributed by atoms with van der Waals surface area (Å²) >= 11 is 0. The Hall–Kier alpha value is -3.56. The third-order valence-electron chi connectivity index (χ3n) is 4.04. The molecule has 7 nitrogen and oxygen atoms in total. The molecule has 0 aromatic heterocycles. The fourth-order valence-corrected chi connectivity index (χ4v) is 2.49. The average molecular weight is 438 g/mol. The number of nitrogens with one attached hydrogen (secondary N) is 2. The molecule has 0 saturated carbocycles. The molecule has 0 aliphatic rings. The van der Waals surface area contributed by atoms with Crippen LogP contribution >= 0.6 is 0 Å². The van der Waals surface area contributed by atoms with Gasteiger partial charge in [0.2, 0.25) is 5.91 Å². The highest BCUT2D eigenvalue weighted by Gasteiger charge is 2.28. The van der Waals surface area contributed by atoms with Crippen LogP contribution in [0, 0.1) is 0 Å². The van der Waals surface area contributed by atoms with Crippen LogP contribution in [0.5, 0.6) is 5.75 Å². The van der Waals surface area contributed by atoms with Crippen molar-refractivity contribution in [1.29, 1.82) is 0 Å². The van der Waals surface area contributed by atoms with E-state index in [1.165, 1.54) is 18.2 Å². The zero-order valence-corrected chi connectivity index (χ0v) is 16.6. The number of esters is 1. The number of hydrogen-bond donors (Lipinski definition) is 2. The number of amides is 2. The van der Waals surface area contributed by atoms with Gasteiger partial charge in [0.1, 0.15) is 12.3 Å².